The molecule has 1 atom stereocenters. The molecule has 0 bridgehead atoms. The molecule has 1 aromatic heterocycles. The van der Waals surface area contributed by atoms with Gasteiger partial charge in [-0.1, -0.05) is 41.6 Å². The van der Waals surface area contributed by atoms with Gasteiger partial charge in [0.25, 0.3) is 5.91 Å². The normalized spacial score (nSPS) is 18.3. The maximum atomic E-state index is 13.2. The number of piperidine rings is 2. The number of rotatable bonds is 12. The van der Waals surface area contributed by atoms with Crippen LogP contribution in [0.4, 0.5) is 28.8 Å². The number of piperazine rings is 1. The van der Waals surface area contributed by atoms with Crippen LogP contribution in [0.1, 0.15) is 66.4 Å². The molecule has 15 nitrogen and oxygen atoms in total. The summed E-state index contributed by atoms with van der Waals surface area (Å²) in [4.78, 5) is 67.8. The molecule has 64 heavy (non-hydrogen) atoms. The van der Waals surface area contributed by atoms with Crippen LogP contribution in [-0.4, -0.2) is 120 Å². The highest BCUT2D eigenvalue weighted by atomic mass is 35.5. The van der Waals surface area contributed by atoms with Crippen LogP contribution < -0.4 is 30.9 Å². The van der Waals surface area contributed by atoms with E-state index < -0.39 is 19.1 Å². The zero-order chi connectivity index (χ0) is 45.0. The number of amides is 4. The summed E-state index contributed by atoms with van der Waals surface area (Å²) in [5.41, 5.74) is 4.54. The largest absolute Gasteiger partial charge is 0.494 e. The number of anilines is 5. The Morgan fingerprint density at radius 3 is 2.48 bits per heavy atom. The Bertz CT molecular complexity index is 2560. The van der Waals surface area contributed by atoms with Gasteiger partial charge in [-0.3, -0.25) is 29.4 Å². The van der Waals surface area contributed by atoms with Gasteiger partial charge in [-0.15, -0.1) is 0 Å². The number of para-hydroxylation sites is 1. The van der Waals surface area contributed by atoms with E-state index in [1.165, 1.54) is 11.1 Å². The number of nitrogens with one attached hydrogen (secondary N) is 3. The van der Waals surface area contributed by atoms with Gasteiger partial charge in [0.15, 0.2) is 5.82 Å². The van der Waals surface area contributed by atoms with Crippen LogP contribution in [0.5, 0.6) is 5.75 Å². The molecule has 334 valence electrons. The minimum Gasteiger partial charge on any atom is -0.494 e. The lowest BCUT2D eigenvalue weighted by atomic mass is 10.0. The second-order valence-electron chi connectivity index (χ2n) is 16.9. The first-order chi connectivity index (χ1) is 30.9. The zero-order valence-corrected chi connectivity index (χ0v) is 38.0. The van der Waals surface area contributed by atoms with Crippen molar-refractivity contribution < 1.29 is 28.5 Å². The molecule has 3 N–H and O–H groups in total. The van der Waals surface area contributed by atoms with E-state index in [9.17, 15) is 23.7 Å². The minimum atomic E-state index is -2.56. The predicted molar refractivity (Wildman–Crippen MR) is 249 cm³/mol. The van der Waals surface area contributed by atoms with Gasteiger partial charge < -0.3 is 34.6 Å². The highest BCUT2D eigenvalue weighted by molar-refractivity contribution is 7.70. The number of halogens is 1. The average molecular weight is 906 g/mol. The number of nitrogens with zero attached hydrogens (tertiary/aromatic N) is 6. The summed E-state index contributed by atoms with van der Waals surface area (Å²) in [7, 11) is -0.921. The van der Waals surface area contributed by atoms with Gasteiger partial charge in [-0.05, 0) is 81.0 Å². The molecule has 0 radical (unpaired) electrons. The first-order valence-corrected chi connectivity index (χ1v) is 24.8. The zero-order valence-electron chi connectivity index (χ0n) is 36.4. The lowest BCUT2D eigenvalue weighted by Gasteiger charge is -2.43. The maximum absolute atomic E-state index is 13.2. The van der Waals surface area contributed by atoms with Gasteiger partial charge in [0.1, 0.15) is 24.0 Å². The van der Waals surface area contributed by atoms with Gasteiger partial charge in [-0.2, -0.15) is 4.98 Å². The predicted octanol–water partition coefficient (Wildman–Crippen LogP) is 5.97. The second kappa shape index (κ2) is 19.4. The van der Waals surface area contributed by atoms with Crippen LogP contribution in [0.3, 0.4) is 0 Å². The average Bonchev–Trinajstić information content (AvgIpc) is 3.63. The third-order valence-electron chi connectivity index (χ3n) is 12.4. The van der Waals surface area contributed by atoms with E-state index >= 15 is 0 Å². The van der Waals surface area contributed by atoms with Crippen molar-refractivity contribution in [3.05, 3.63) is 88.6 Å². The molecule has 4 amide bonds. The molecule has 0 spiro atoms. The summed E-state index contributed by atoms with van der Waals surface area (Å²) in [6.45, 7) is 8.68. The van der Waals surface area contributed by atoms with E-state index in [2.05, 4.69) is 53.6 Å². The summed E-state index contributed by atoms with van der Waals surface area (Å²) in [5, 5.41) is 9.89. The fraction of sp³-hybridized carbons (Fsp3) is 0.404. The van der Waals surface area contributed by atoms with Crippen LogP contribution in [-0.2, 0) is 25.5 Å². The SMILES string of the molecule is COc1cc(N2CCC(N3CCN(C(=O)CCCC#Cc4cccc5c4CN(C4CCC(=O)NC4=O)C5=O)CC3)CC2)ccc1Nc1ncc(Cl)c(Nc2ccccc2P(C)(C)=O)n1. The van der Waals surface area contributed by atoms with Crippen LogP contribution in [0.25, 0.3) is 0 Å². The lowest BCUT2D eigenvalue weighted by Crippen LogP contribution is -2.54. The molecule has 4 aliphatic heterocycles. The fourth-order valence-corrected chi connectivity index (χ4v) is 10.3. The summed E-state index contributed by atoms with van der Waals surface area (Å²) >= 11 is 6.48. The van der Waals surface area contributed by atoms with Crippen molar-refractivity contribution >= 4 is 76.5 Å². The first-order valence-electron chi connectivity index (χ1n) is 21.8. The number of aromatic nitrogens is 2. The minimum absolute atomic E-state index is 0.153. The molecule has 0 aliphatic carbocycles. The molecule has 1 unspecified atom stereocenters. The van der Waals surface area contributed by atoms with Crippen molar-refractivity contribution in [2.24, 2.45) is 0 Å². The maximum Gasteiger partial charge on any atom is 0.255 e. The molecular formula is C47H53ClN9O6P. The molecule has 3 saturated heterocycles. The van der Waals surface area contributed by atoms with E-state index in [1.807, 2.05) is 47.4 Å². The van der Waals surface area contributed by atoms with E-state index in [0.717, 1.165) is 55.8 Å². The Morgan fingerprint density at radius 1 is 0.953 bits per heavy atom. The summed E-state index contributed by atoms with van der Waals surface area (Å²) in [5.74, 6) is 6.96. The number of unbranched alkanes of at least 4 members (excludes halogenated alkanes) is 1. The number of ether oxygens (including phenoxy) is 1. The number of fused-ring (bicyclic) bond motifs is 1. The van der Waals surface area contributed by atoms with E-state index in [0.29, 0.717) is 89.6 Å². The lowest BCUT2D eigenvalue weighted by molar-refractivity contribution is -0.137. The molecule has 4 aromatic rings. The number of imide groups is 1. The van der Waals surface area contributed by atoms with Crippen LogP contribution >= 0.6 is 18.7 Å². The van der Waals surface area contributed by atoms with Crippen LogP contribution in [0.2, 0.25) is 5.02 Å². The standard InChI is InChI=1S/C47H53ClN9O6P/c1-63-40-28-33(16-17-37(40)51-47-49-29-36(48)44(53-47)50-38-13-7-8-14-41(38)64(2,3)62)54-22-20-32(21-23-54)55-24-26-56(27-25-55)43(59)15-6-4-5-10-31-11-9-12-34-35(31)30-57(46(34)61)39-18-19-42(58)52-45(39)60/h7-9,11-14,16-17,28-29,32,39H,4,6,15,18-27,30H2,1-3H3,(H,52,58,60)(H2,49,50,51,53). The van der Waals surface area contributed by atoms with Gasteiger partial charge in [-0.25, -0.2) is 4.98 Å². The summed E-state index contributed by atoms with van der Waals surface area (Å²) in [6.07, 6.45) is 5.72. The first kappa shape index (κ1) is 44.7. The van der Waals surface area contributed by atoms with Crippen molar-refractivity contribution in [2.75, 3.05) is 75.2 Å². The van der Waals surface area contributed by atoms with E-state index in [4.69, 9.17) is 16.3 Å². The number of hydrogen-bond donors (Lipinski definition) is 3. The number of hydrogen-bond acceptors (Lipinski definition) is 12. The van der Waals surface area contributed by atoms with Gasteiger partial charge in [0.05, 0.1) is 24.7 Å². The molecular weight excluding hydrogens is 853 g/mol. The Kier molecular flexibility index (Phi) is 13.6. The third-order valence-corrected chi connectivity index (χ3v) is 14.3. The molecule has 17 heteroatoms. The number of carbonyl (C=O) groups is 4. The number of benzene rings is 3. The van der Waals surface area contributed by atoms with E-state index in [-0.39, 0.29) is 30.7 Å². The highest BCUT2D eigenvalue weighted by Gasteiger charge is 2.40. The Labute approximate surface area is 378 Å². The topological polar surface area (TPSA) is 169 Å². The number of carbonyl (C=O) groups excluding carboxylic acids is 4. The van der Waals surface area contributed by atoms with Gasteiger partial charge in [0.2, 0.25) is 23.7 Å². The molecule has 4 aliphatic rings. The molecule has 0 saturated carbocycles. The molecule has 3 fully saturated rings. The second-order valence-corrected chi connectivity index (χ2v) is 20.5. The monoisotopic (exact) mass is 905 g/mol. The molecule has 3 aromatic carbocycles. The van der Waals surface area contributed by atoms with Gasteiger partial charge in [0, 0.05) is 99.3 Å². The highest BCUT2D eigenvalue weighted by Crippen LogP contribution is 2.39. The van der Waals surface area contributed by atoms with Crippen molar-refractivity contribution in [1.29, 1.82) is 0 Å². The van der Waals surface area contributed by atoms with Gasteiger partial charge >= 0.3 is 0 Å². The van der Waals surface area contributed by atoms with Crippen molar-refractivity contribution in [2.45, 2.75) is 63.6 Å². The Hall–Kier alpha value is -5.94. The van der Waals surface area contributed by atoms with E-state index in [1.54, 1.807) is 32.6 Å². The van der Waals surface area contributed by atoms with Crippen LogP contribution in [0.15, 0.2) is 66.9 Å². The van der Waals surface area contributed by atoms with Crippen molar-refractivity contribution in [3.8, 4) is 17.6 Å². The fourth-order valence-electron chi connectivity index (χ4n) is 8.96. The molecule has 5 heterocycles. The Balaban J connectivity index is 0.778. The Morgan fingerprint density at radius 2 is 1.73 bits per heavy atom. The van der Waals surface area contributed by atoms with Crippen LogP contribution in [0, 0.1) is 11.8 Å². The smallest absolute Gasteiger partial charge is 0.255 e. The van der Waals surface area contributed by atoms with Crippen molar-refractivity contribution in [1.82, 2.24) is 30.0 Å². The summed E-state index contributed by atoms with van der Waals surface area (Å²) < 4.78 is 18.7. The molecule has 8 rings (SSSR count). The quantitative estimate of drug-likeness (QED) is 0.0661. The van der Waals surface area contributed by atoms with Crippen molar-refractivity contribution in [3.63, 3.8) is 0 Å². The third kappa shape index (κ3) is 10.0. The number of methoxy groups -OCH3 is 1. The summed E-state index contributed by atoms with van der Waals surface area (Å²) in [6, 6.07) is 18.7.